The van der Waals surface area contributed by atoms with E-state index in [9.17, 15) is 4.79 Å². The SMILES string of the molecule is CCc1cc(C(=O)NCC(C)(C)C(C)C)cc(Cl)n1. The molecule has 1 aromatic rings. The van der Waals surface area contributed by atoms with Gasteiger partial charge in [0.05, 0.1) is 0 Å². The fraction of sp³-hybridized carbons (Fsp3) is 0.600. The van der Waals surface area contributed by atoms with Crippen LogP contribution in [0.15, 0.2) is 12.1 Å². The molecular formula is C15H23ClN2O. The molecule has 0 aliphatic rings. The molecule has 0 saturated carbocycles. The molecule has 1 rings (SSSR count). The molecule has 0 bridgehead atoms. The highest BCUT2D eigenvalue weighted by molar-refractivity contribution is 6.29. The predicted octanol–water partition coefficient (Wildman–Crippen LogP) is 3.71. The fourth-order valence-corrected chi connectivity index (χ4v) is 1.70. The summed E-state index contributed by atoms with van der Waals surface area (Å²) in [6.45, 7) is 11.2. The minimum absolute atomic E-state index is 0.0695. The number of nitrogens with one attached hydrogen (secondary N) is 1. The summed E-state index contributed by atoms with van der Waals surface area (Å²) in [6, 6.07) is 3.40. The van der Waals surface area contributed by atoms with Gasteiger partial charge in [0, 0.05) is 17.8 Å². The van der Waals surface area contributed by atoms with E-state index < -0.39 is 0 Å². The van der Waals surface area contributed by atoms with Crippen molar-refractivity contribution >= 4 is 17.5 Å². The molecule has 1 aromatic heterocycles. The summed E-state index contributed by atoms with van der Waals surface area (Å²) in [5.41, 5.74) is 1.48. The van der Waals surface area contributed by atoms with E-state index in [1.54, 1.807) is 12.1 Å². The Kier molecular flexibility index (Phi) is 5.36. The summed E-state index contributed by atoms with van der Waals surface area (Å²) in [6.07, 6.45) is 0.762. The number of pyridine rings is 1. The first-order valence-electron chi connectivity index (χ1n) is 6.71. The summed E-state index contributed by atoms with van der Waals surface area (Å²) in [7, 11) is 0. The molecule has 1 N–H and O–H groups in total. The van der Waals surface area contributed by atoms with E-state index in [0.29, 0.717) is 23.2 Å². The molecule has 106 valence electrons. The fourth-order valence-electron chi connectivity index (χ4n) is 1.48. The van der Waals surface area contributed by atoms with Crippen molar-refractivity contribution in [2.24, 2.45) is 11.3 Å². The number of nitrogens with zero attached hydrogens (tertiary/aromatic N) is 1. The predicted molar refractivity (Wildman–Crippen MR) is 79.6 cm³/mol. The number of aromatic nitrogens is 1. The number of carbonyl (C=O) groups is 1. The van der Waals surface area contributed by atoms with Gasteiger partial charge in [-0.05, 0) is 29.9 Å². The molecule has 0 spiro atoms. The number of amides is 1. The molecule has 4 heteroatoms. The first-order chi connectivity index (χ1) is 8.76. The van der Waals surface area contributed by atoms with Gasteiger partial charge in [0.2, 0.25) is 0 Å². The minimum atomic E-state index is -0.0901. The number of aryl methyl sites for hydroxylation is 1. The molecule has 0 unspecified atom stereocenters. The van der Waals surface area contributed by atoms with E-state index in [1.165, 1.54) is 0 Å². The normalized spacial score (nSPS) is 11.7. The second kappa shape index (κ2) is 6.38. The lowest BCUT2D eigenvalue weighted by Gasteiger charge is -2.29. The molecule has 0 aliphatic carbocycles. The highest BCUT2D eigenvalue weighted by Gasteiger charge is 2.23. The van der Waals surface area contributed by atoms with Crippen LogP contribution in [0.4, 0.5) is 0 Å². The number of carbonyl (C=O) groups excluding carboxylic acids is 1. The Morgan fingerprint density at radius 1 is 1.42 bits per heavy atom. The monoisotopic (exact) mass is 282 g/mol. The van der Waals surface area contributed by atoms with Crippen LogP contribution in [0.3, 0.4) is 0 Å². The van der Waals surface area contributed by atoms with Crippen molar-refractivity contribution in [3.8, 4) is 0 Å². The van der Waals surface area contributed by atoms with Crippen LogP contribution in [0.25, 0.3) is 0 Å². The summed E-state index contributed by atoms with van der Waals surface area (Å²) < 4.78 is 0. The van der Waals surface area contributed by atoms with Crippen LogP contribution in [0.5, 0.6) is 0 Å². The van der Waals surface area contributed by atoms with Gasteiger partial charge in [-0.25, -0.2) is 4.98 Å². The lowest BCUT2D eigenvalue weighted by atomic mass is 9.81. The number of hydrogen-bond donors (Lipinski definition) is 1. The van der Waals surface area contributed by atoms with E-state index in [4.69, 9.17) is 11.6 Å². The van der Waals surface area contributed by atoms with Crippen LogP contribution in [0.1, 0.15) is 50.7 Å². The molecule has 0 radical (unpaired) electrons. The highest BCUT2D eigenvalue weighted by Crippen LogP contribution is 2.24. The van der Waals surface area contributed by atoms with Gasteiger partial charge in [-0.2, -0.15) is 0 Å². The molecule has 0 aromatic carbocycles. The minimum Gasteiger partial charge on any atom is -0.351 e. The van der Waals surface area contributed by atoms with Crippen LogP contribution < -0.4 is 5.32 Å². The number of halogens is 1. The Hall–Kier alpha value is -1.09. The third kappa shape index (κ3) is 4.50. The van der Waals surface area contributed by atoms with E-state index >= 15 is 0 Å². The van der Waals surface area contributed by atoms with Gasteiger partial charge >= 0.3 is 0 Å². The Morgan fingerprint density at radius 2 is 2.05 bits per heavy atom. The van der Waals surface area contributed by atoms with Gasteiger partial charge in [0.1, 0.15) is 5.15 Å². The Balaban J connectivity index is 2.76. The third-order valence-corrected chi connectivity index (χ3v) is 3.93. The zero-order chi connectivity index (χ0) is 14.6. The number of hydrogen-bond acceptors (Lipinski definition) is 2. The zero-order valence-electron chi connectivity index (χ0n) is 12.4. The van der Waals surface area contributed by atoms with Gasteiger partial charge in [0.25, 0.3) is 5.91 Å². The maximum Gasteiger partial charge on any atom is 0.251 e. The quantitative estimate of drug-likeness (QED) is 0.837. The Labute approximate surface area is 120 Å². The first kappa shape index (κ1) is 16.0. The van der Waals surface area contributed by atoms with Crippen molar-refractivity contribution in [2.75, 3.05) is 6.54 Å². The topological polar surface area (TPSA) is 42.0 Å². The first-order valence-corrected chi connectivity index (χ1v) is 7.08. The van der Waals surface area contributed by atoms with Gasteiger partial charge < -0.3 is 5.32 Å². The van der Waals surface area contributed by atoms with Crippen LogP contribution >= 0.6 is 11.6 Å². The van der Waals surface area contributed by atoms with E-state index in [1.807, 2.05) is 6.92 Å². The van der Waals surface area contributed by atoms with Gasteiger partial charge in [-0.1, -0.05) is 46.2 Å². The van der Waals surface area contributed by atoms with Crippen molar-refractivity contribution in [3.63, 3.8) is 0 Å². The smallest absolute Gasteiger partial charge is 0.251 e. The molecule has 0 saturated heterocycles. The lowest BCUT2D eigenvalue weighted by molar-refractivity contribution is 0.0924. The van der Waals surface area contributed by atoms with E-state index in [2.05, 4.69) is 38.0 Å². The number of rotatable bonds is 5. The van der Waals surface area contributed by atoms with E-state index in [0.717, 1.165) is 12.1 Å². The molecule has 19 heavy (non-hydrogen) atoms. The highest BCUT2D eigenvalue weighted by atomic mass is 35.5. The summed E-state index contributed by atoms with van der Waals surface area (Å²) >= 11 is 5.92. The molecule has 1 heterocycles. The second-order valence-corrected chi connectivity index (χ2v) is 6.24. The van der Waals surface area contributed by atoms with Crippen molar-refractivity contribution in [3.05, 3.63) is 28.5 Å². The molecular weight excluding hydrogens is 260 g/mol. The molecule has 0 aliphatic heterocycles. The largest absolute Gasteiger partial charge is 0.351 e. The van der Waals surface area contributed by atoms with Crippen LogP contribution in [-0.4, -0.2) is 17.4 Å². The zero-order valence-corrected chi connectivity index (χ0v) is 13.1. The summed E-state index contributed by atoms with van der Waals surface area (Å²) in [5.74, 6) is 0.410. The van der Waals surface area contributed by atoms with Gasteiger partial charge in [-0.3, -0.25) is 4.79 Å². The average Bonchev–Trinajstić information content (AvgIpc) is 2.34. The average molecular weight is 283 g/mol. The maximum absolute atomic E-state index is 12.1. The summed E-state index contributed by atoms with van der Waals surface area (Å²) in [5, 5.41) is 3.34. The van der Waals surface area contributed by atoms with Gasteiger partial charge in [0.15, 0.2) is 0 Å². The molecule has 1 amide bonds. The van der Waals surface area contributed by atoms with Crippen LogP contribution in [0.2, 0.25) is 5.15 Å². The van der Waals surface area contributed by atoms with Crippen molar-refractivity contribution in [1.82, 2.24) is 10.3 Å². The van der Waals surface area contributed by atoms with Crippen molar-refractivity contribution in [2.45, 2.75) is 41.0 Å². The van der Waals surface area contributed by atoms with Crippen LogP contribution in [-0.2, 0) is 6.42 Å². The van der Waals surface area contributed by atoms with Crippen molar-refractivity contribution < 1.29 is 4.79 Å². The second-order valence-electron chi connectivity index (χ2n) is 5.85. The Morgan fingerprint density at radius 3 is 2.58 bits per heavy atom. The van der Waals surface area contributed by atoms with Gasteiger partial charge in [-0.15, -0.1) is 0 Å². The molecule has 0 fully saturated rings. The maximum atomic E-state index is 12.1. The standard InChI is InChI=1S/C15H23ClN2O/c1-6-12-7-11(8-13(16)18-12)14(19)17-9-15(4,5)10(2)3/h7-8,10H,6,9H2,1-5H3,(H,17,19). The Bertz CT molecular complexity index is 455. The summed E-state index contributed by atoms with van der Waals surface area (Å²) in [4.78, 5) is 16.3. The third-order valence-electron chi connectivity index (χ3n) is 3.74. The molecule has 0 atom stereocenters. The molecule has 3 nitrogen and oxygen atoms in total. The lowest BCUT2D eigenvalue weighted by Crippen LogP contribution is -2.37. The van der Waals surface area contributed by atoms with Crippen molar-refractivity contribution in [1.29, 1.82) is 0 Å². The van der Waals surface area contributed by atoms with E-state index in [-0.39, 0.29) is 11.3 Å². The van der Waals surface area contributed by atoms with Crippen LogP contribution in [0, 0.1) is 11.3 Å².